The van der Waals surface area contributed by atoms with Crippen molar-refractivity contribution in [3.05, 3.63) is 53.6 Å². The molecular weight excluding hydrogens is 318 g/mol. The van der Waals surface area contributed by atoms with Crippen molar-refractivity contribution in [3.8, 4) is 11.1 Å². The molecule has 1 aliphatic rings. The molecule has 1 amide bonds. The van der Waals surface area contributed by atoms with Gasteiger partial charge in [0.2, 0.25) is 0 Å². The number of carbonyl (C=O) groups excluding carboxylic acids is 3. The van der Waals surface area contributed by atoms with Gasteiger partial charge in [-0.25, -0.2) is 4.79 Å². The van der Waals surface area contributed by atoms with E-state index >= 15 is 0 Å². The van der Waals surface area contributed by atoms with Crippen molar-refractivity contribution < 1.29 is 19.1 Å². The number of fused-ring (bicyclic) bond motifs is 1. The lowest BCUT2D eigenvalue weighted by Crippen LogP contribution is -2.43. The number of anilines is 1. The molecule has 0 aromatic heterocycles. The van der Waals surface area contributed by atoms with Crippen molar-refractivity contribution in [1.29, 1.82) is 0 Å². The number of Topliss-reactive ketones (excluding diaryl/α,β-unsaturated/α-hetero) is 1. The molecule has 0 saturated heterocycles. The maximum atomic E-state index is 12.4. The van der Waals surface area contributed by atoms with E-state index in [2.05, 4.69) is 0 Å². The van der Waals surface area contributed by atoms with E-state index in [0.717, 1.165) is 16.7 Å². The Bertz CT molecular complexity index is 872. The van der Waals surface area contributed by atoms with Gasteiger partial charge in [0.15, 0.2) is 0 Å². The molecule has 0 unspecified atom stereocenters. The van der Waals surface area contributed by atoms with Crippen LogP contribution in [0.2, 0.25) is 0 Å². The number of amides is 1. The maximum absolute atomic E-state index is 12.4. The van der Waals surface area contributed by atoms with Crippen LogP contribution in [0.15, 0.2) is 42.5 Å². The fourth-order valence-corrected chi connectivity index (χ4v) is 3.02. The molecular formula is C20H19NO4. The van der Waals surface area contributed by atoms with Gasteiger partial charge in [-0.1, -0.05) is 35.9 Å². The number of nitrogens with zero attached hydrogens (tertiary/aromatic N) is 1. The molecule has 1 heterocycles. The first-order valence-corrected chi connectivity index (χ1v) is 8.19. The minimum Gasteiger partial charge on any atom is -0.464 e. The third-order valence-electron chi connectivity index (χ3n) is 4.28. The van der Waals surface area contributed by atoms with Gasteiger partial charge in [0, 0.05) is 0 Å². The smallest absolute Gasteiger partial charge is 0.328 e. The van der Waals surface area contributed by atoms with Crippen LogP contribution < -0.4 is 4.90 Å². The molecule has 0 aliphatic carbocycles. The number of benzene rings is 2. The lowest BCUT2D eigenvalue weighted by molar-refractivity contribution is -0.145. The Morgan fingerprint density at radius 2 is 1.84 bits per heavy atom. The number of carbonyl (C=O) groups is 3. The minimum absolute atomic E-state index is 0.221. The lowest BCUT2D eigenvalue weighted by Gasteiger charge is -2.22. The highest BCUT2D eigenvalue weighted by Gasteiger charge is 2.41. The highest BCUT2D eigenvalue weighted by molar-refractivity contribution is 6.52. The van der Waals surface area contributed by atoms with E-state index in [4.69, 9.17) is 4.74 Å². The zero-order valence-corrected chi connectivity index (χ0v) is 14.4. The highest BCUT2D eigenvalue weighted by atomic mass is 16.5. The molecule has 5 heteroatoms. The Balaban J connectivity index is 2.02. The number of ether oxygens (including phenoxy) is 1. The molecule has 1 atom stereocenters. The van der Waals surface area contributed by atoms with Crippen LogP contribution in [0.3, 0.4) is 0 Å². The van der Waals surface area contributed by atoms with E-state index in [1.807, 2.05) is 37.3 Å². The average molecular weight is 337 g/mol. The second-order valence-electron chi connectivity index (χ2n) is 6.03. The summed E-state index contributed by atoms with van der Waals surface area (Å²) in [7, 11) is 0. The Morgan fingerprint density at radius 3 is 2.52 bits per heavy atom. The predicted molar refractivity (Wildman–Crippen MR) is 94.5 cm³/mol. The second-order valence-corrected chi connectivity index (χ2v) is 6.03. The minimum atomic E-state index is -0.845. The van der Waals surface area contributed by atoms with E-state index < -0.39 is 23.7 Å². The van der Waals surface area contributed by atoms with Crippen molar-refractivity contribution in [1.82, 2.24) is 0 Å². The molecule has 0 N–H and O–H groups in total. The molecule has 0 fully saturated rings. The van der Waals surface area contributed by atoms with Crippen LogP contribution in [0.4, 0.5) is 5.69 Å². The van der Waals surface area contributed by atoms with E-state index in [0.29, 0.717) is 11.3 Å². The fourth-order valence-electron chi connectivity index (χ4n) is 3.02. The maximum Gasteiger partial charge on any atom is 0.328 e. The molecule has 2 aromatic carbocycles. The number of aryl methyl sites for hydroxylation is 1. The van der Waals surface area contributed by atoms with Gasteiger partial charge in [0.25, 0.3) is 11.7 Å². The Labute approximate surface area is 146 Å². The standard InChI is InChI=1S/C20H19NO4/c1-4-25-20(24)13(3)21-17-9-8-15(11-16(17)18(22)19(21)23)14-7-5-6-12(2)10-14/h5-11,13H,4H2,1-3H3/t13-/m0/s1. The van der Waals surface area contributed by atoms with Crippen molar-refractivity contribution in [3.63, 3.8) is 0 Å². The largest absolute Gasteiger partial charge is 0.464 e. The Morgan fingerprint density at radius 1 is 1.12 bits per heavy atom. The summed E-state index contributed by atoms with van der Waals surface area (Å²) in [5.74, 6) is -1.82. The molecule has 0 bridgehead atoms. The number of rotatable bonds is 4. The van der Waals surface area contributed by atoms with Gasteiger partial charge in [0.1, 0.15) is 6.04 Å². The van der Waals surface area contributed by atoms with Gasteiger partial charge >= 0.3 is 5.97 Å². The van der Waals surface area contributed by atoms with Crippen LogP contribution in [-0.4, -0.2) is 30.3 Å². The van der Waals surface area contributed by atoms with Crippen LogP contribution in [0, 0.1) is 6.92 Å². The quantitative estimate of drug-likeness (QED) is 0.635. The molecule has 3 rings (SSSR count). The topological polar surface area (TPSA) is 63.7 Å². The Kier molecular flexibility index (Phi) is 4.40. The van der Waals surface area contributed by atoms with Gasteiger partial charge in [-0.3, -0.25) is 14.5 Å². The van der Waals surface area contributed by atoms with E-state index in [-0.39, 0.29) is 6.61 Å². The van der Waals surface area contributed by atoms with Crippen LogP contribution in [0.5, 0.6) is 0 Å². The van der Waals surface area contributed by atoms with Gasteiger partial charge in [-0.15, -0.1) is 0 Å². The summed E-state index contributed by atoms with van der Waals surface area (Å²) < 4.78 is 4.98. The van der Waals surface area contributed by atoms with Gasteiger partial charge in [-0.2, -0.15) is 0 Å². The van der Waals surface area contributed by atoms with Gasteiger partial charge < -0.3 is 4.74 Å². The van der Waals surface area contributed by atoms with Crippen LogP contribution >= 0.6 is 0 Å². The first-order valence-electron chi connectivity index (χ1n) is 8.19. The van der Waals surface area contributed by atoms with E-state index in [1.54, 1.807) is 26.0 Å². The van der Waals surface area contributed by atoms with E-state index in [1.165, 1.54) is 4.90 Å². The van der Waals surface area contributed by atoms with Crippen LogP contribution in [-0.2, 0) is 14.3 Å². The molecule has 2 aromatic rings. The highest BCUT2D eigenvalue weighted by Crippen LogP contribution is 2.34. The number of hydrogen-bond donors (Lipinski definition) is 0. The van der Waals surface area contributed by atoms with Crippen molar-refractivity contribution in [2.45, 2.75) is 26.8 Å². The SMILES string of the molecule is CCOC(=O)[C@H](C)N1C(=O)C(=O)c2cc(-c3cccc(C)c3)ccc21. The zero-order valence-electron chi connectivity index (χ0n) is 14.4. The summed E-state index contributed by atoms with van der Waals surface area (Å²) in [5, 5.41) is 0. The second kappa shape index (κ2) is 6.51. The third-order valence-corrected chi connectivity index (χ3v) is 4.28. The number of esters is 1. The monoisotopic (exact) mass is 337 g/mol. The average Bonchev–Trinajstić information content (AvgIpc) is 2.85. The van der Waals surface area contributed by atoms with Crippen molar-refractivity contribution in [2.75, 3.05) is 11.5 Å². The normalized spacial score (nSPS) is 14.4. The molecule has 0 radical (unpaired) electrons. The molecule has 5 nitrogen and oxygen atoms in total. The molecule has 128 valence electrons. The van der Waals surface area contributed by atoms with Crippen molar-refractivity contribution in [2.24, 2.45) is 0 Å². The summed E-state index contributed by atoms with van der Waals surface area (Å²) in [5.41, 5.74) is 3.71. The lowest BCUT2D eigenvalue weighted by atomic mass is 10.00. The molecule has 25 heavy (non-hydrogen) atoms. The molecule has 0 saturated carbocycles. The first-order chi connectivity index (χ1) is 11.9. The summed E-state index contributed by atoms with van der Waals surface area (Å²) in [6.07, 6.45) is 0. The summed E-state index contributed by atoms with van der Waals surface area (Å²) in [6.45, 7) is 5.48. The number of ketones is 1. The predicted octanol–water partition coefficient (Wildman–Crippen LogP) is 3.14. The summed E-state index contributed by atoms with van der Waals surface area (Å²) in [4.78, 5) is 38.0. The third kappa shape index (κ3) is 2.93. The Hall–Kier alpha value is -2.95. The number of hydrogen-bond acceptors (Lipinski definition) is 4. The molecule has 0 spiro atoms. The zero-order chi connectivity index (χ0) is 18.1. The van der Waals surface area contributed by atoms with Crippen molar-refractivity contribution >= 4 is 23.3 Å². The van der Waals surface area contributed by atoms with E-state index in [9.17, 15) is 14.4 Å². The molecule has 1 aliphatic heterocycles. The summed E-state index contributed by atoms with van der Waals surface area (Å²) >= 11 is 0. The van der Waals surface area contributed by atoms with Gasteiger partial charge in [-0.05, 0) is 44.0 Å². The first kappa shape index (κ1) is 16.9. The van der Waals surface area contributed by atoms with Crippen LogP contribution in [0.25, 0.3) is 11.1 Å². The summed E-state index contributed by atoms with van der Waals surface area (Å²) in [6, 6.07) is 12.3. The van der Waals surface area contributed by atoms with Gasteiger partial charge in [0.05, 0.1) is 17.9 Å². The fraction of sp³-hybridized carbons (Fsp3) is 0.250. The van der Waals surface area contributed by atoms with Crippen LogP contribution in [0.1, 0.15) is 29.8 Å².